The first-order valence-electron chi connectivity index (χ1n) is 10.3. The highest BCUT2D eigenvalue weighted by Crippen LogP contribution is 2.10. The Morgan fingerprint density at radius 3 is 2.79 bits per heavy atom. The van der Waals surface area contributed by atoms with Crippen molar-refractivity contribution in [1.29, 1.82) is 0 Å². The van der Waals surface area contributed by atoms with Gasteiger partial charge in [0.15, 0.2) is 11.6 Å². The van der Waals surface area contributed by atoms with Crippen LogP contribution in [-0.4, -0.2) is 77.4 Å². The molecule has 1 fully saturated rings. The van der Waals surface area contributed by atoms with Gasteiger partial charge >= 0.3 is 0 Å². The van der Waals surface area contributed by atoms with Gasteiger partial charge in [0.25, 0.3) is 0 Å². The van der Waals surface area contributed by atoms with Crippen LogP contribution in [0.3, 0.4) is 0 Å². The second-order valence-corrected chi connectivity index (χ2v) is 7.47. The van der Waals surface area contributed by atoms with Gasteiger partial charge in [-0.25, -0.2) is 0 Å². The van der Waals surface area contributed by atoms with Crippen molar-refractivity contribution in [2.75, 3.05) is 39.8 Å². The predicted molar refractivity (Wildman–Crippen MR) is 127 cm³/mol. The summed E-state index contributed by atoms with van der Waals surface area (Å²) in [7, 11) is 1.82. The molecule has 3 heterocycles. The minimum Gasteiger partial charge on any atom is -0.377 e. The first-order chi connectivity index (χ1) is 13.7. The number of fused-ring (bicyclic) bond motifs is 1. The first kappa shape index (κ1) is 23.8. The van der Waals surface area contributed by atoms with Gasteiger partial charge in [-0.2, -0.15) is 0 Å². The Labute approximate surface area is 190 Å². The summed E-state index contributed by atoms with van der Waals surface area (Å²) in [6.07, 6.45) is 5.34. The van der Waals surface area contributed by atoms with E-state index in [1.165, 1.54) is 0 Å². The molecule has 1 saturated heterocycles. The number of guanidine groups is 1. The molecule has 1 aliphatic rings. The first-order valence-corrected chi connectivity index (χ1v) is 10.3. The van der Waals surface area contributed by atoms with Gasteiger partial charge in [0, 0.05) is 51.9 Å². The minimum absolute atomic E-state index is 0. The molecule has 3 rings (SSSR count). The summed E-state index contributed by atoms with van der Waals surface area (Å²) in [6.45, 7) is 8.96. The van der Waals surface area contributed by atoms with Crippen LogP contribution in [0.4, 0.5) is 0 Å². The summed E-state index contributed by atoms with van der Waals surface area (Å²) in [5.41, 5.74) is 0.880. The number of hydrogen-bond acceptors (Lipinski definition) is 5. The third-order valence-corrected chi connectivity index (χ3v) is 5.04. The number of halogens is 1. The molecule has 0 saturated carbocycles. The molecular formula is C20H34IN7O. The quantitative estimate of drug-likeness (QED) is 0.318. The smallest absolute Gasteiger partial charge is 0.191 e. The van der Waals surface area contributed by atoms with E-state index in [1.807, 2.05) is 35.8 Å². The van der Waals surface area contributed by atoms with Crippen LogP contribution < -0.4 is 10.6 Å². The topological polar surface area (TPSA) is 79.1 Å². The van der Waals surface area contributed by atoms with Gasteiger partial charge in [-0.3, -0.25) is 9.39 Å². The molecule has 0 bridgehead atoms. The number of likely N-dealkylation sites (tertiary alicyclic amines) is 1. The molecule has 0 unspecified atom stereocenters. The Balaban J connectivity index is 0.00000300. The maximum atomic E-state index is 5.66. The molecule has 2 aromatic rings. The lowest BCUT2D eigenvalue weighted by Crippen LogP contribution is -2.49. The van der Waals surface area contributed by atoms with Gasteiger partial charge < -0.3 is 20.3 Å². The fourth-order valence-electron chi connectivity index (χ4n) is 3.46. The van der Waals surface area contributed by atoms with Crippen molar-refractivity contribution < 1.29 is 4.74 Å². The zero-order chi connectivity index (χ0) is 19.8. The molecule has 0 aromatic carbocycles. The van der Waals surface area contributed by atoms with E-state index in [0.717, 1.165) is 69.5 Å². The van der Waals surface area contributed by atoms with Crippen LogP contribution in [0.2, 0.25) is 0 Å². The summed E-state index contributed by atoms with van der Waals surface area (Å²) in [6, 6.07) is 6.39. The van der Waals surface area contributed by atoms with E-state index in [4.69, 9.17) is 4.74 Å². The van der Waals surface area contributed by atoms with E-state index in [9.17, 15) is 0 Å². The van der Waals surface area contributed by atoms with Crippen molar-refractivity contribution in [1.82, 2.24) is 30.1 Å². The SMILES string of the molecule is CN=C(NCCc1nnc2ccccn12)NC1CCN(CCOC(C)C)CC1.I. The van der Waals surface area contributed by atoms with Gasteiger partial charge in [-0.1, -0.05) is 6.07 Å². The number of nitrogens with one attached hydrogen (secondary N) is 2. The Morgan fingerprint density at radius 1 is 1.28 bits per heavy atom. The molecule has 2 N–H and O–H groups in total. The maximum absolute atomic E-state index is 5.66. The van der Waals surface area contributed by atoms with E-state index >= 15 is 0 Å². The Hall–Kier alpha value is -1.46. The molecule has 8 nitrogen and oxygen atoms in total. The lowest BCUT2D eigenvalue weighted by molar-refractivity contribution is 0.0532. The predicted octanol–water partition coefficient (Wildman–Crippen LogP) is 1.94. The number of ether oxygens (including phenoxy) is 1. The van der Waals surface area contributed by atoms with Crippen LogP contribution in [0, 0.1) is 0 Å². The van der Waals surface area contributed by atoms with Crippen LogP contribution in [0.5, 0.6) is 0 Å². The molecule has 0 radical (unpaired) electrons. The lowest BCUT2D eigenvalue weighted by atomic mass is 10.1. The van der Waals surface area contributed by atoms with Gasteiger partial charge in [-0.05, 0) is 38.8 Å². The van der Waals surface area contributed by atoms with E-state index in [1.54, 1.807) is 0 Å². The molecule has 162 valence electrons. The number of pyridine rings is 1. The molecule has 0 amide bonds. The highest BCUT2D eigenvalue weighted by Gasteiger charge is 2.19. The van der Waals surface area contributed by atoms with E-state index in [2.05, 4.69) is 44.6 Å². The monoisotopic (exact) mass is 515 g/mol. The zero-order valence-electron chi connectivity index (χ0n) is 17.7. The number of aliphatic imine (C=N–C) groups is 1. The second kappa shape index (κ2) is 12.3. The van der Waals surface area contributed by atoms with Crippen LogP contribution in [0.1, 0.15) is 32.5 Å². The normalized spacial score (nSPS) is 16.2. The van der Waals surface area contributed by atoms with Gasteiger partial charge in [0.1, 0.15) is 5.82 Å². The molecular weight excluding hydrogens is 481 g/mol. The highest BCUT2D eigenvalue weighted by molar-refractivity contribution is 14.0. The van der Waals surface area contributed by atoms with Crippen molar-refractivity contribution in [2.24, 2.45) is 4.99 Å². The van der Waals surface area contributed by atoms with Gasteiger partial charge in [0.05, 0.1) is 12.7 Å². The fraction of sp³-hybridized carbons (Fsp3) is 0.650. The van der Waals surface area contributed by atoms with Gasteiger partial charge in [0.2, 0.25) is 0 Å². The molecule has 0 aliphatic carbocycles. The minimum atomic E-state index is 0. The lowest BCUT2D eigenvalue weighted by Gasteiger charge is -2.33. The van der Waals surface area contributed by atoms with Crippen LogP contribution >= 0.6 is 24.0 Å². The number of aromatic nitrogens is 3. The standard InChI is InChI=1S/C20H33N7O.HI/c1-16(2)28-15-14-26-12-8-17(9-13-26)23-20(21-3)22-10-7-19-25-24-18-6-4-5-11-27(18)19;/h4-6,11,16-17H,7-10,12-15H2,1-3H3,(H2,21,22,23);1H. The molecule has 29 heavy (non-hydrogen) atoms. The number of rotatable bonds is 8. The van der Waals surface area contributed by atoms with E-state index in [-0.39, 0.29) is 24.0 Å². The van der Waals surface area contributed by atoms with Crippen molar-refractivity contribution >= 4 is 35.6 Å². The molecule has 0 spiro atoms. The molecule has 9 heteroatoms. The largest absolute Gasteiger partial charge is 0.377 e. The number of hydrogen-bond donors (Lipinski definition) is 2. The van der Waals surface area contributed by atoms with Crippen LogP contribution in [0.25, 0.3) is 5.65 Å². The third kappa shape index (κ3) is 7.38. The Morgan fingerprint density at radius 2 is 2.07 bits per heavy atom. The summed E-state index contributed by atoms with van der Waals surface area (Å²) in [5, 5.41) is 15.4. The highest BCUT2D eigenvalue weighted by atomic mass is 127. The van der Waals surface area contributed by atoms with E-state index < -0.39 is 0 Å². The third-order valence-electron chi connectivity index (χ3n) is 5.04. The number of nitrogens with zero attached hydrogens (tertiary/aromatic N) is 5. The molecule has 1 aliphatic heterocycles. The Kier molecular flexibility index (Phi) is 10.1. The second-order valence-electron chi connectivity index (χ2n) is 7.47. The molecule has 2 aromatic heterocycles. The maximum Gasteiger partial charge on any atom is 0.191 e. The van der Waals surface area contributed by atoms with Crippen LogP contribution in [-0.2, 0) is 11.2 Å². The number of piperidine rings is 1. The van der Waals surface area contributed by atoms with Crippen LogP contribution in [0.15, 0.2) is 29.4 Å². The van der Waals surface area contributed by atoms with Crippen molar-refractivity contribution in [2.45, 2.75) is 45.3 Å². The van der Waals surface area contributed by atoms with Crippen molar-refractivity contribution in [3.05, 3.63) is 30.2 Å². The molecule has 0 atom stereocenters. The summed E-state index contributed by atoms with van der Waals surface area (Å²) < 4.78 is 7.68. The van der Waals surface area contributed by atoms with Crippen molar-refractivity contribution in [3.8, 4) is 0 Å². The summed E-state index contributed by atoms with van der Waals surface area (Å²) >= 11 is 0. The average Bonchev–Trinajstić information content (AvgIpc) is 3.11. The van der Waals surface area contributed by atoms with Crippen molar-refractivity contribution in [3.63, 3.8) is 0 Å². The summed E-state index contributed by atoms with van der Waals surface area (Å²) in [4.78, 5) is 6.85. The summed E-state index contributed by atoms with van der Waals surface area (Å²) in [5.74, 6) is 1.81. The zero-order valence-corrected chi connectivity index (χ0v) is 20.0. The van der Waals surface area contributed by atoms with Gasteiger partial charge in [-0.15, -0.1) is 34.2 Å². The average molecular weight is 515 g/mol. The fourth-order valence-corrected chi connectivity index (χ4v) is 3.46. The Bertz CT molecular complexity index is 756. The van der Waals surface area contributed by atoms with E-state index in [0.29, 0.717) is 12.1 Å².